The van der Waals surface area contributed by atoms with Gasteiger partial charge in [0.15, 0.2) is 0 Å². The molecule has 0 saturated heterocycles. The van der Waals surface area contributed by atoms with Crippen LogP contribution >= 0.6 is 11.3 Å². The Kier molecular flexibility index (Phi) is 5.51. The van der Waals surface area contributed by atoms with Crippen molar-refractivity contribution in [3.63, 3.8) is 0 Å². The number of aromatic nitrogens is 2. The molecule has 3 rings (SSSR count). The van der Waals surface area contributed by atoms with E-state index in [4.69, 9.17) is 0 Å². The van der Waals surface area contributed by atoms with Gasteiger partial charge in [0.05, 0.1) is 11.7 Å². The Labute approximate surface area is 158 Å². The molecule has 2 aromatic rings. The molecule has 1 N–H and O–H groups in total. The highest BCUT2D eigenvalue weighted by Gasteiger charge is 2.31. The molecule has 5 nitrogen and oxygen atoms in total. The van der Waals surface area contributed by atoms with Crippen LogP contribution in [-0.4, -0.2) is 22.0 Å². The molecule has 26 heavy (non-hydrogen) atoms. The van der Waals surface area contributed by atoms with E-state index in [1.807, 2.05) is 0 Å². The van der Waals surface area contributed by atoms with Gasteiger partial charge >= 0.3 is 0 Å². The molecule has 1 atom stereocenters. The summed E-state index contributed by atoms with van der Waals surface area (Å²) in [6.07, 6.45) is 6.56. The Balaban J connectivity index is 1.86. The van der Waals surface area contributed by atoms with Crippen molar-refractivity contribution in [1.82, 2.24) is 14.9 Å². The van der Waals surface area contributed by atoms with Gasteiger partial charge in [-0.05, 0) is 42.6 Å². The van der Waals surface area contributed by atoms with Gasteiger partial charge in [0.1, 0.15) is 11.4 Å². The molecular formula is C20H29N3O2S. The van der Waals surface area contributed by atoms with Crippen molar-refractivity contribution in [1.29, 1.82) is 0 Å². The number of carbonyl (C=O) groups is 1. The predicted molar refractivity (Wildman–Crippen MR) is 107 cm³/mol. The SMILES string of the molecule is CCCCNC(=O)Cn1cnc2sc3c(c2c1=O)CC[C@@H](C(C)(C)C)C3. The molecule has 2 heterocycles. The van der Waals surface area contributed by atoms with Gasteiger partial charge in [0.2, 0.25) is 5.91 Å². The van der Waals surface area contributed by atoms with Gasteiger partial charge in [0, 0.05) is 11.4 Å². The van der Waals surface area contributed by atoms with Crippen LogP contribution in [0, 0.1) is 11.3 Å². The van der Waals surface area contributed by atoms with E-state index >= 15 is 0 Å². The molecule has 1 aliphatic carbocycles. The minimum atomic E-state index is -0.126. The largest absolute Gasteiger partial charge is 0.355 e. The molecule has 2 aromatic heterocycles. The third kappa shape index (κ3) is 3.85. The normalized spacial score (nSPS) is 17.3. The first kappa shape index (κ1) is 19.1. The third-order valence-corrected chi connectivity index (χ3v) is 6.59. The van der Waals surface area contributed by atoms with Crippen LogP contribution in [-0.2, 0) is 24.2 Å². The molecule has 0 aliphatic heterocycles. The number of amides is 1. The number of aryl methyl sites for hydroxylation is 1. The number of hydrogen-bond acceptors (Lipinski definition) is 4. The zero-order valence-corrected chi connectivity index (χ0v) is 17.0. The first-order valence-corrected chi connectivity index (χ1v) is 10.4. The Morgan fingerprint density at radius 1 is 1.42 bits per heavy atom. The van der Waals surface area contributed by atoms with Crippen LogP contribution in [0.2, 0.25) is 0 Å². The maximum atomic E-state index is 13.0. The fraction of sp³-hybridized carbons (Fsp3) is 0.650. The second-order valence-corrected chi connectivity index (χ2v) is 9.45. The Morgan fingerprint density at radius 3 is 2.88 bits per heavy atom. The van der Waals surface area contributed by atoms with Crippen molar-refractivity contribution in [2.24, 2.45) is 11.3 Å². The molecule has 142 valence electrons. The van der Waals surface area contributed by atoms with E-state index in [1.54, 1.807) is 11.3 Å². The second-order valence-electron chi connectivity index (χ2n) is 8.37. The van der Waals surface area contributed by atoms with Gasteiger partial charge in [-0.1, -0.05) is 34.1 Å². The lowest BCUT2D eigenvalue weighted by Gasteiger charge is -2.33. The average Bonchev–Trinajstić information content (AvgIpc) is 2.95. The monoisotopic (exact) mass is 375 g/mol. The summed E-state index contributed by atoms with van der Waals surface area (Å²) in [6.45, 7) is 9.65. The Hall–Kier alpha value is -1.69. The van der Waals surface area contributed by atoms with Crippen LogP contribution in [0.25, 0.3) is 10.2 Å². The molecule has 0 unspecified atom stereocenters. The summed E-state index contributed by atoms with van der Waals surface area (Å²) in [4.78, 5) is 31.6. The molecule has 0 spiro atoms. The van der Waals surface area contributed by atoms with Crippen molar-refractivity contribution in [3.8, 4) is 0 Å². The van der Waals surface area contributed by atoms with Crippen molar-refractivity contribution in [3.05, 3.63) is 27.1 Å². The lowest BCUT2D eigenvalue weighted by atomic mass is 9.72. The predicted octanol–water partition coefficient (Wildman–Crippen LogP) is 3.53. The second kappa shape index (κ2) is 7.51. The number of thiophene rings is 1. The standard InChI is InChI=1S/C20H29N3O2S/c1-5-6-9-21-16(24)11-23-12-22-18-17(19(23)25)14-8-7-13(20(2,3)4)10-15(14)26-18/h12-13H,5-11H2,1-4H3,(H,21,24)/t13-/m1/s1. The third-order valence-electron chi connectivity index (χ3n) is 5.43. The maximum absolute atomic E-state index is 13.0. The van der Waals surface area contributed by atoms with Crippen molar-refractivity contribution in [2.45, 2.75) is 66.3 Å². The van der Waals surface area contributed by atoms with E-state index in [9.17, 15) is 9.59 Å². The number of nitrogens with zero attached hydrogens (tertiary/aromatic N) is 2. The number of carbonyl (C=O) groups excluding carboxylic acids is 1. The fourth-order valence-electron chi connectivity index (χ4n) is 3.67. The van der Waals surface area contributed by atoms with E-state index in [0.717, 1.165) is 42.3 Å². The smallest absolute Gasteiger partial charge is 0.262 e. The van der Waals surface area contributed by atoms with E-state index < -0.39 is 0 Å². The van der Waals surface area contributed by atoms with Gasteiger partial charge in [-0.3, -0.25) is 14.2 Å². The summed E-state index contributed by atoms with van der Waals surface area (Å²) in [6, 6.07) is 0. The van der Waals surface area contributed by atoms with E-state index in [-0.39, 0.29) is 23.4 Å². The van der Waals surface area contributed by atoms with Crippen LogP contribution in [0.3, 0.4) is 0 Å². The number of unbranched alkanes of at least 4 members (excludes halogenated alkanes) is 1. The van der Waals surface area contributed by atoms with E-state index in [0.29, 0.717) is 12.5 Å². The van der Waals surface area contributed by atoms with Crippen LogP contribution in [0.1, 0.15) is 57.4 Å². The van der Waals surface area contributed by atoms with Crippen LogP contribution < -0.4 is 10.9 Å². The fourth-order valence-corrected chi connectivity index (χ4v) is 4.93. The van der Waals surface area contributed by atoms with Crippen molar-refractivity contribution >= 4 is 27.5 Å². The van der Waals surface area contributed by atoms with E-state index in [2.05, 4.69) is 38.0 Å². The lowest BCUT2D eigenvalue weighted by Crippen LogP contribution is -2.33. The number of nitrogens with one attached hydrogen (secondary N) is 1. The Bertz CT molecular complexity index is 860. The van der Waals surface area contributed by atoms with Gasteiger partial charge < -0.3 is 5.32 Å². The zero-order valence-electron chi connectivity index (χ0n) is 16.2. The maximum Gasteiger partial charge on any atom is 0.262 e. The first-order chi connectivity index (χ1) is 12.3. The van der Waals surface area contributed by atoms with E-state index in [1.165, 1.54) is 21.3 Å². The van der Waals surface area contributed by atoms with Gasteiger partial charge in [-0.15, -0.1) is 11.3 Å². The van der Waals surface area contributed by atoms with Gasteiger partial charge in [0.25, 0.3) is 5.56 Å². The molecule has 0 radical (unpaired) electrons. The summed E-state index contributed by atoms with van der Waals surface area (Å²) >= 11 is 1.65. The topological polar surface area (TPSA) is 64.0 Å². The minimum Gasteiger partial charge on any atom is -0.355 e. The summed E-state index contributed by atoms with van der Waals surface area (Å²) in [5.41, 5.74) is 1.37. The minimum absolute atomic E-state index is 0.0424. The highest BCUT2D eigenvalue weighted by Crippen LogP contribution is 2.41. The molecule has 6 heteroatoms. The summed E-state index contributed by atoms with van der Waals surface area (Å²) in [5.74, 6) is 0.508. The zero-order chi connectivity index (χ0) is 18.9. The lowest BCUT2D eigenvalue weighted by molar-refractivity contribution is -0.121. The van der Waals surface area contributed by atoms with Gasteiger partial charge in [-0.25, -0.2) is 4.98 Å². The summed E-state index contributed by atoms with van der Waals surface area (Å²) < 4.78 is 1.45. The highest BCUT2D eigenvalue weighted by molar-refractivity contribution is 7.18. The molecule has 1 amide bonds. The van der Waals surface area contributed by atoms with Crippen LogP contribution in [0.4, 0.5) is 0 Å². The Morgan fingerprint density at radius 2 is 2.19 bits per heavy atom. The molecule has 0 bridgehead atoms. The number of hydrogen-bond donors (Lipinski definition) is 1. The van der Waals surface area contributed by atoms with Crippen molar-refractivity contribution < 1.29 is 4.79 Å². The molecular weight excluding hydrogens is 346 g/mol. The summed E-state index contributed by atoms with van der Waals surface area (Å²) in [7, 11) is 0. The average molecular weight is 376 g/mol. The van der Waals surface area contributed by atoms with Gasteiger partial charge in [-0.2, -0.15) is 0 Å². The molecule has 0 saturated carbocycles. The quantitative estimate of drug-likeness (QED) is 0.813. The first-order valence-electron chi connectivity index (χ1n) is 9.57. The number of rotatable bonds is 5. The summed E-state index contributed by atoms with van der Waals surface area (Å²) in [5, 5.41) is 3.60. The highest BCUT2D eigenvalue weighted by atomic mass is 32.1. The molecule has 1 aliphatic rings. The molecule has 0 aromatic carbocycles. The number of fused-ring (bicyclic) bond motifs is 3. The van der Waals surface area contributed by atoms with Crippen LogP contribution in [0.5, 0.6) is 0 Å². The molecule has 0 fully saturated rings. The van der Waals surface area contributed by atoms with Crippen LogP contribution in [0.15, 0.2) is 11.1 Å². The van der Waals surface area contributed by atoms with Crippen molar-refractivity contribution in [2.75, 3.05) is 6.54 Å².